The van der Waals surface area contributed by atoms with E-state index >= 15 is 0 Å². The predicted octanol–water partition coefficient (Wildman–Crippen LogP) is 3.23. The van der Waals surface area contributed by atoms with E-state index in [0.29, 0.717) is 23.2 Å². The molecule has 2 rings (SSSR count). The molecule has 0 saturated heterocycles. The van der Waals surface area contributed by atoms with E-state index < -0.39 is 18.0 Å². The summed E-state index contributed by atoms with van der Waals surface area (Å²) < 4.78 is 9.96. The van der Waals surface area contributed by atoms with Crippen molar-refractivity contribution in [2.75, 3.05) is 7.11 Å². The number of methoxy groups -OCH3 is 1. The molecule has 1 atom stereocenters. The maximum atomic E-state index is 12.6. The number of thiophene rings is 1. The van der Waals surface area contributed by atoms with E-state index in [2.05, 4.69) is 4.98 Å². The van der Waals surface area contributed by atoms with E-state index in [-0.39, 0.29) is 17.9 Å². The first-order valence-corrected chi connectivity index (χ1v) is 8.76. The second-order valence-corrected chi connectivity index (χ2v) is 6.72. The molecule has 2 aromatic rings. The standard InChI is InChI=1S/C18H21NO5S/c1-10-15(18(22)23-4)11(2)19-16(10)17(21)12(3)24-14(20)8-7-13-6-5-9-25-13/h5-6,9,12,19H,7-8H2,1-4H3/t12-/m1/s1. The van der Waals surface area contributed by atoms with Crippen molar-refractivity contribution in [1.82, 2.24) is 4.98 Å². The Balaban J connectivity index is 2.02. The lowest BCUT2D eigenvalue weighted by molar-refractivity contribution is -0.146. The number of nitrogens with one attached hydrogen (secondary N) is 1. The van der Waals surface area contributed by atoms with Crippen molar-refractivity contribution in [3.63, 3.8) is 0 Å². The van der Waals surface area contributed by atoms with Gasteiger partial charge in [-0.25, -0.2) is 4.79 Å². The van der Waals surface area contributed by atoms with Crippen molar-refractivity contribution in [1.29, 1.82) is 0 Å². The van der Waals surface area contributed by atoms with Crippen LogP contribution in [-0.2, 0) is 20.7 Å². The molecule has 2 heterocycles. The van der Waals surface area contributed by atoms with Gasteiger partial charge in [-0.3, -0.25) is 9.59 Å². The molecule has 134 valence electrons. The van der Waals surface area contributed by atoms with E-state index in [4.69, 9.17) is 9.47 Å². The maximum Gasteiger partial charge on any atom is 0.339 e. The molecule has 0 saturated carbocycles. The highest BCUT2D eigenvalue weighted by molar-refractivity contribution is 7.09. The molecule has 0 aliphatic heterocycles. The van der Waals surface area contributed by atoms with Gasteiger partial charge in [-0.05, 0) is 44.2 Å². The Labute approximate surface area is 150 Å². The third kappa shape index (κ3) is 4.36. The second kappa shape index (κ2) is 8.11. The van der Waals surface area contributed by atoms with Crippen LogP contribution in [0.4, 0.5) is 0 Å². The van der Waals surface area contributed by atoms with Crippen LogP contribution < -0.4 is 0 Å². The minimum atomic E-state index is -0.932. The molecule has 0 aliphatic rings. The Morgan fingerprint density at radius 3 is 2.60 bits per heavy atom. The second-order valence-electron chi connectivity index (χ2n) is 5.69. The van der Waals surface area contributed by atoms with Crippen molar-refractivity contribution in [2.45, 2.75) is 39.7 Å². The lowest BCUT2D eigenvalue weighted by Crippen LogP contribution is -2.25. The number of carbonyl (C=O) groups is 3. The molecule has 0 unspecified atom stereocenters. The van der Waals surface area contributed by atoms with E-state index in [9.17, 15) is 14.4 Å². The molecule has 0 fully saturated rings. The molecule has 7 heteroatoms. The topological polar surface area (TPSA) is 85.5 Å². The molecule has 2 aromatic heterocycles. The van der Waals surface area contributed by atoms with Crippen LogP contribution in [0.1, 0.15) is 50.3 Å². The van der Waals surface area contributed by atoms with Crippen LogP contribution in [-0.4, -0.2) is 35.9 Å². The minimum absolute atomic E-state index is 0.217. The Bertz CT molecular complexity index is 776. The van der Waals surface area contributed by atoms with Gasteiger partial charge in [0.25, 0.3) is 0 Å². The smallest absolute Gasteiger partial charge is 0.339 e. The van der Waals surface area contributed by atoms with Crippen molar-refractivity contribution in [3.05, 3.63) is 44.9 Å². The average molecular weight is 363 g/mol. The zero-order valence-corrected chi connectivity index (χ0v) is 15.5. The summed E-state index contributed by atoms with van der Waals surface area (Å²) in [7, 11) is 1.29. The third-order valence-electron chi connectivity index (χ3n) is 3.91. The molecule has 0 radical (unpaired) electrons. The monoisotopic (exact) mass is 363 g/mol. The quantitative estimate of drug-likeness (QED) is 0.603. The zero-order valence-electron chi connectivity index (χ0n) is 14.7. The molecule has 6 nitrogen and oxygen atoms in total. The van der Waals surface area contributed by atoms with Gasteiger partial charge in [0.05, 0.1) is 24.8 Å². The van der Waals surface area contributed by atoms with Gasteiger partial charge in [0, 0.05) is 10.6 Å². The predicted molar refractivity (Wildman–Crippen MR) is 94.1 cm³/mol. The number of hydrogen-bond acceptors (Lipinski definition) is 6. The Kier molecular flexibility index (Phi) is 6.14. The van der Waals surface area contributed by atoms with E-state index in [1.165, 1.54) is 14.0 Å². The molecule has 0 aliphatic carbocycles. The van der Waals surface area contributed by atoms with Gasteiger partial charge < -0.3 is 14.5 Å². The third-order valence-corrected chi connectivity index (χ3v) is 4.84. The number of H-pyrrole nitrogens is 1. The summed E-state index contributed by atoms with van der Waals surface area (Å²) in [4.78, 5) is 40.3. The first-order valence-electron chi connectivity index (χ1n) is 7.88. The summed E-state index contributed by atoms with van der Waals surface area (Å²) in [5.41, 5.74) is 1.64. The fraction of sp³-hybridized carbons (Fsp3) is 0.389. The number of esters is 2. The fourth-order valence-corrected chi connectivity index (χ4v) is 3.31. The molecule has 0 bridgehead atoms. The van der Waals surface area contributed by atoms with Gasteiger partial charge in [0.15, 0.2) is 6.10 Å². The van der Waals surface area contributed by atoms with E-state index in [0.717, 1.165) is 4.88 Å². The van der Waals surface area contributed by atoms with Crippen LogP contribution in [0.25, 0.3) is 0 Å². The Hall–Kier alpha value is -2.41. The fourth-order valence-electron chi connectivity index (χ4n) is 2.60. The summed E-state index contributed by atoms with van der Waals surface area (Å²) in [6, 6.07) is 3.87. The van der Waals surface area contributed by atoms with Crippen molar-refractivity contribution in [3.8, 4) is 0 Å². The molecule has 25 heavy (non-hydrogen) atoms. The summed E-state index contributed by atoms with van der Waals surface area (Å²) >= 11 is 1.57. The number of ether oxygens (including phenoxy) is 2. The Morgan fingerprint density at radius 2 is 2.00 bits per heavy atom. The van der Waals surface area contributed by atoms with Gasteiger partial charge in [-0.15, -0.1) is 11.3 Å². The van der Waals surface area contributed by atoms with Gasteiger partial charge in [-0.2, -0.15) is 0 Å². The first kappa shape index (κ1) is 18.9. The Morgan fingerprint density at radius 1 is 1.28 bits per heavy atom. The normalized spacial score (nSPS) is 11.8. The van der Waals surface area contributed by atoms with Crippen LogP contribution in [0.2, 0.25) is 0 Å². The number of aryl methyl sites for hydroxylation is 2. The number of Topliss-reactive ketones (excluding diaryl/α,β-unsaturated/α-hetero) is 1. The van der Waals surface area contributed by atoms with Crippen molar-refractivity contribution < 1.29 is 23.9 Å². The van der Waals surface area contributed by atoms with Crippen LogP contribution in [0, 0.1) is 13.8 Å². The lowest BCUT2D eigenvalue weighted by atomic mass is 10.1. The minimum Gasteiger partial charge on any atom is -0.465 e. The highest BCUT2D eigenvalue weighted by atomic mass is 32.1. The number of aromatic amines is 1. The van der Waals surface area contributed by atoms with Crippen LogP contribution in [0.3, 0.4) is 0 Å². The molecule has 1 N–H and O–H groups in total. The van der Waals surface area contributed by atoms with Crippen LogP contribution in [0.5, 0.6) is 0 Å². The summed E-state index contributed by atoms with van der Waals surface area (Å²) in [6.07, 6.45) is -0.128. The van der Waals surface area contributed by atoms with Gasteiger partial charge in [0.2, 0.25) is 5.78 Å². The maximum absolute atomic E-state index is 12.6. The molecular formula is C18H21NO5S. The van der Waals surface area contributed by atoms with Gasteiger partial charge in [0.1, 0.15) is 0 Å². The first-order chi connectivity index (χ1) is 11.8. The molecular weight excluding hydrogens is 342 g/mol. The summed E-state index contributed by atoms with van der Waals surface area (Å²) in [5, 5.41) is 1.95. The number of rotatable bonds is 7. The number of hydrogen-bond donors (Lipinski definition) is 1. The summed E-state index contributed by atoms with van der Waals surface area (Å²) in [5.74, 6) is -1.31. The molecule has 0 amide bonds. The largest absolute Gasteiger partial charge is 0.465 e. The number of ketones is 1. The van der Waals surface area contributed by atoms with E-state index in [1.54, 1.807) is 25.2 Å². The van der Waals surface area contributed by atoms with Crippen LogP contribution >= 0.6 is 11.3 Å². The molecule has 0 spiro atoms. The highest BCUT2D eigenvalue weighted by Crippen LogP contribution is 2.21. The lowest BCUT2D eigenvalue weighted by Gasteiger charge is -2.12. The average Bonchev–Trinajstić information content (AvgIpc) is 3.19. The van der Waals surface area contributed by atoms with Gasteiger partial charge in [-0.1, -0.05) is 6.07 Å². The highest BCUT2D eigenvalue weighted by Gasteiger charge is 2.27. The van der Waals surface area contributed by atoms with Crippen molar-refractivity contribution in [2.24, 2.45) is 0 Å². The molecule has 0 aromatic carbocycles. The zero-order chi connectivity index (χ0) is 18.6. The SMILES string of the molecule is COC(=O)c1c(C)[nH]c(C(=O)[C@@H](C)OC(=O)CCc2cccs2)c1C. The summed E-state index contributed by atoms with van der Waals surface area (Å²) in [6.45, 7) is 4.88. The van der Waals surface area contributed by atoms with Gasteiger partial charge >= 0.3 is 11.9 Å². The van der Waals surface area contributed by atoms with Crippen LogP contribution in [0.15, 0.2) is 17.5 Å². The number of aromatic nitrogens is 1. The number of carbonyl (C=O) groups excluding carboxylic acids is 3. The van der Waals surface area contributed by atoms with Crippen molar-refractivity contribution >= 4 is 29.1 Å². The van der Waals surface area contributed by atoms with E-state index in [1.807, 2.05) is 17.5 Å².